The van der Waals surface area contributed by atoms with Crippen molar-refractivity contribution in [2.45, 2.75) is 62.8 Å². The van der Waals surface area contributed by atoms with Crippen molar-refractivity contribution >= 4 is 10.0 Å². The van der Waals surface area contributed by atoms with Gasteiger partial charge in [0.1, 0.15) is 0 Å². The zero-order valence-electron chi connectivity index (χ0n) is 12.1. The molecule has 1 aliphatic heterocycles. The number of benzene rings is 1. The normalized spacial score (nSPS) is 24.4. The van der Waals surface area contributed by atoms with Crippen LogP contribution in [0.3, 0.4) is 0 Å². The van der Waals surface area contributed by atoms with Gasteiger partial charge in [0.2, 0.25) is 10.0 Å². The maximum atomic E-state index is 12.8. The van der Waals surface area contributed by atoms with Crippen molar-refractivity contribution in [2.24, 2.45) is 0 Å². The molecule has 0 unspecified atom stereocenters. The molecule has 1 fully saturated rings. The van der Waals surface area contributed by atoms with Crippen LogP contribution < -0.4 is 0 Å². The molecule has 4 heteroatoms. The number of fused-ring (bicyclic) bond motifs is 1. The van der Waals surface area contributed by atoms with E-state index in [0.717, 1.165) is 32.1 Å². The first-order valence-corrected chi connectivity index (χ1v) is 9.17. The maximum Gasteiger partial charge on any atom is 0.243 e. The van der Waals surface area contributed by atoms with Crippen LogP contribution in [-0.4, -0.2) is 25.3 Å². The van der Waals surface area contributed by atoms with Crippen LogP contribution in [0.4, 0.5) is 0 Å². The minimum absolute atomic E-state index is 0.129. The molecule has 0 bridgehead atoms. The standard InChI is InChI=1S/C16H23NO2S/c1-13-6-4-5-11-17(13)20(18,19)16-10-9-14-7-2-3-8-15(14)12-16/h9-10,12-13H,2-8,11H2,1H3/t13-/m0/s1. The largest absolute Gasteiger partial charge is 0.243 e. The Kier molecular flexibility index (Phi) is 3.87. The lowest BCUT2D eigenvalue weighted by atomic mass is 9.92. The molecule has 1 aromatic carbocycles. The molecule has 0 aromatic heterocycles. The highest BCUT2D eigenvalue weighted by Gasteiger charge is 2.31. The Hall–Kier alpha value is -0.870. The topological polar surface area (TPSA) is 37.4 Å². The minimum atomic E-state index is -3.31. The van der Waals surface area contributed by atoms with E-state index in [1.165, 1.54) is 24.0 Å². The molecule has 0 radical (unpaired) electrons. The van der Waals surface area contributed by atoms with Crippen LogP contribution in [0.1, 0.15) is 50.2 Å². The van der Waals surface area contributed by atoms with E-state index in [1.54, 1.807) is 10.4 Å². The van der Waals surface area contributed by atoms with Crippen LogP contribution in [0, 0.1) is 0 Å². The summed E-state index contributed by atoms with van der Waals surface area (Å²) in [4.78, 5) is 0.493. The summed E-state index contributed by atoms with van der Waals surface area (Å²) in [7, 11) is -3.31. The molecule has 0 saturated carbocycles. The Labute approximate surface area is 122 Å². The van der Waals surface area contributed by atoms with Crippen molar-refractivity contribution < 1.29 is 8.42 Å². The highest BCUT2D eigenvalue weighted by atomic mass is 32.2. The van der Waals surface area contributed by atoms with E-state index >= 15 is 0 Å². The van der Waals surface area contributed by atoms with Crippen LogP contribution in [-0.2, 0) is 22.9 Å². The van der Waals surface area contributed by atoms with Crippen molar-refractivity contribution in [1.29, 1.82) is 0 Å². The molecule has 2 aliphatic rings. The molecular weight excluding hydrogens is 270 g/mol. The number of hydrogen-bond acceptors (Lipinski definition) is 2. The van der Waals surface area contributed by atoms with Crippen LogP contribution in [0.2, 0.25) is 0 Å². The summed E-state index contributed by atoms with van der Waals surface area (Å²) in [5.41, 5.74) is 2.57. The molecule has 1 atom stereocenters. The van der Waals surface area contributed by atoms with Gasteiger partial charge in [-0.25, -0.2) is 8.42 Å². The summed E-state index contributed by atoms with van der Waals surface area (Å²) in [6, 6.07) is 5.88. The number of aryl methyl sites for hydroxylation is 2. The summed E-state index contributed by atoms with van der Waals surface area (Å²) in [5, 5.41) is 0. The third kappa shape index (κ3) is 2.51. The monoisotopic (exact) mass is 293 g/mol. The summed E-state index contributed by atoms with van der Waals surface area (Å²) < 4.78 is 27.3. The predicted molar refractivity (Wildman–Crippen MR) is 80.3 cm³/mol. The molecule has 1 heterocycles. The van der Waals surface area contributed by atoms with Crippen LogP contribution >= 0.6 is 0 Å². The number of sulfonamides is 1. The van der Waals surface area contributed by atoms with Gasteiger partial charge in [-0.1, -0.05) is 12.5 Å². The van der Waals surface area contributed by atoms with Crippen molar-refractivity contribution in [2.75, 3.05) is 6.54 Å². The first-order chi connectivity index (χ1) is 9.59. The van der Waals surface area contributed by atoms with Crippen molar-refractivity contribution in [3.05, 3.63) is 29.3 Å². The second-order valence-electron chi connectivity index (χ2n) is 6.10. The molecule has 3 nitrogen and oxygen atoms in total. The Morgan fingerprint density at radius 2 is 1.80 bits per heavy atom. The number of nitrogens with zero attached hydrogens (tertiary/aromatic N) is 1. The van der Waals surface area contributed by atoms with Crippen LogP contribution in [0.15, 0.2) is 23.1 Å². The summed E-state index contributed by atoms with van der Waals surface area (Å²) in [6.07, 6.45) is 7.61. The first-order valence-electron chi connectivity index (χ1n) is 7.73. The zero-order valence-corrected chi connectivity index (χ0v) is 13.0. The van der Waals surface area contributed by atoms with Crippen molar-refractivity contribution in [3.8, 4) is 0 Å². The lowest BCUT2D eigenvalue weighted by Crippen LogP contribution is -2.41. The van der Waals surface area contributed by atoms with E-state index in [1.807, 2.05) is 19.1 Å². The fourth-order valence-corrected chi connectivity index (χ4v) is 5.19. The van der Waals surface area contributed by atoms with Crippen LogP contribution in [0.25, 0.3) is 0 Å². The van der Waals surface area contributed by atoms with E-state index in [2.05, 4.69) is 0 Å². The van der Waals surface area contributed by atoms with E-state index < -0.39 is 10.0 Å². The average molecular weight is 293 g/mol. The molecule has 1 saturated heterocycles. The van der Waals surface area contributed by atoms with Gasteiger partial charge in [-0.05, 0) is 68.7 Å². The quantitative estimate of drug-likeness (QED) is 0.840. The molecule has 0 amide bonds. The van der Waals surface area contributed by atoms with E-state index in [-0.39, 0.29) is 6.04 Å². The van der Waals surface area contributed by atoms with Crippen molar-refractivity contribution in [3.63, 3.8) is 0 Å². The Balaban J connectivity index is 1.94. The highest BCUT2D eigenvalue weighted by molar-refractivity contribution is 7.89. The van der Waals surface area contributed by atoms with Gasteiger partial charge in [0, 0.05) is 12.6 Å². The smallest absolute Gasteiger partial charge is 0.207 e. The van der Waals surface area contributed by atoms with Gasteiger partial charge in [-0.15, -0.1) is 0 Å². The molecule has 20 heavy (non-hydrogen) atoms. The molecular formula is C16H23NO2S. The van der Waals surface area contributed by atoms with Gasteiger partial charge >= 0.3 is 0 Å². The van der Waals surface area contributed by atoms with E-state index in [0.29, 0.717) is 11.4 Å². The SMILES string of the molecule is C[C@H]1CCCCN1S(=O)(=O)c1ccc2c(c1)CCCC2. The lowest BCUT2D eigenvalue weighted by Gasteiger charge is -2.32. The van der Waals surface area contributed by atoms with Gasteiger partial charge in [-0.2, -0.15) is 4.31 Å². The van der Waals surface area contributed by atoms with Gasteiger partial charge in [-0.3, -0.25) is 0 Å². The van der Waals surface area contributed by atoms with Gasteiger partial charge in [0.25, 0.3) is 0 Å². The fourth-order valence-electron chi connectivity index (χ4n) is 3.43. The lowest BCUT2D eigenvalue weighted by molar-refractivity contribution is 0.268. The average Bonchev–Trinajstić information content (AvgIpc) is 2.47. The second-order valence-corrected chi connectivity index (χ2v) is 7.99. The van der Waals surface area contributed by atoms with Crippen molar-refractivity contribution in [1.82, 2.24) is 4.31 Å². The predicted octanol–water partition coefficient (Wildman–Crippen LogP) is 3.13. The third-order valence-electron chi connectivity index (χ3n) is 4.67. The molecule has 110 valence electrons. The fraction of sp³-hybridized carbons (Fsp3) is 0.625. The molecule has 1 aromatic rings. The van der Waals surface area contributed by atoms with E-state index in [4.69, 9.17) is 0 Å². The minimum Gasteiger partial charge on any atom is -0.207 e. The Morgan fingerprint density at radius 1 is 1.05 bits per heavy atom. The highest BCUT2D eigenvalue weighted by Crippen LogP contribution is 2.28. The maximum absolute atomic E-state index is 12.8. The van der Waals surface area contributed by atoms with E-state index in [9.17, 15) is 8.42 Å². The van der Waals surface area contributed by atoms with Crippen LogP contribution in [0.5, 0.6) is 0 Å². The van der Waals surface area contributed by atoms with Gasteiger partial charge in [0.05, 0.1) is 4.90 Å². The summed E-state index contributed by atoms with van der Waals surface area (Å²) in [5.74, 6) is 0. The number of hydrogen-bond donors (Lipinski definition) is 0. The molecule has 0 N–H and O–H groups in total. The third-order valence-corrected chi connectivity index (χ3v) is 6.68. The van der Waals surface area contributed by atoms with Gasteiger partial charge in [0.15, 0.2) is 0 Å². The molecule has 1 aliphatic carbocycles. The van der Waals surface area contributed by atoms with Gasteiger partial charge < -0.3 is 0 Å². The number of piperidine rings is 1. The Morgan fingerprint density at radius 3 is 2.55 bits per heavy atom. The molecule has 0 spiro atoms. The summed E-state index contributed by atoms with van der Waals surface area (Å²) in [6.45, 7) is 2.69. The second kappa shape index (κ2) is 5.49. The zero-order chi connectivity index (χ0) is 14.2. The Bertz CT molecular complexity index is 594. The number of rotatable bonds is 2. The first kappa shape index (κ1) is 14.1. The molecule has 3 rings (SSSR count). The summed E-state index contributed by atoms with van der Waals surface area (Å²) >= 11 is 0.